The molecule has 7 heteroatoms. The zero-order valence-electron chi connectivity index (χ0n) is 17.5. The number of piperazine rings is 1. The van der Waals surface area contributed by atoms with E-state index in [-0.39, 0.29) is 17.3 Å². The fourth-order valence-electron chi connectivity index (χ4n) is 4.02. The first-order valence-electron chi connectivity index (χ1n) is 10.8. The molecule has 1 fully saturated rings. The Hall–Kier alpha value is -3.22. The van der Waals surface area contributed by atoms with Crippen LogP contribution in [0.3, 0.4) is 0 Å². The number of carbonyl (C=O) groups is 1. The second-order valence-electron chi connectivity index (χ2n) is 7.92. The van der Waals surface area contributed by atoms with Crippen LogP contribution >= 0.6 is 0 Å². The van der Waals surface area contributed by atoms with Gasteiger partial charge in [-0.2, -0.15) is 0 Å². The summed E-state index contributed by atoms with van der Waals surface area (Å²) in [6.07, 6.45) is 4.68. The van der Waals surface area contributed by atoms with Crippen molar-refractivity contribution in [3.63, 3.8) is 0 Å². The third kappa shape index (κ3) is 5.10. The number of benzene rings is 2. The summed E-state index contributed by atoms with van der Waals surface area (Å²) < 4.78 is 14.7. The number of rotatable bonds is 7. The van der Waals surface area contributed by atoms with Crippen LogP contribution in [-0.2, 0) is 11.3 Å². The molecule has 4 rings (SSSR count). The summed E-state index contributed by atoms with van der Waals surface area (Å²) in [6, 6.07) is 13.9. The van der Waals surface area contributed by atoms with Crippen LogP contribution in [0.25, 0.3) is 10.9 Å². The van der Waals surface area contributed by atoms with Crippen molar-refractivity contribution in [2.75, 3.05) is 31.1 Å². The Morgan fingerprint density at radius 2 is 1.68 bits per heavy atom. The Balaban J connectivity index is 1.18. The van der Waals surface area contributed by atoms with E-state index in [9.17, 15) is 14.0 Å². The molecule has 1 saturated heterocycles. The SMILES string of the molecule is O=C(CCCCCn1cnc2ccccc2c1=O)N1CCN(c2ccc(F)cc2)CC1. The summed E-state index contributed by atoms with van der Waals surface area (Å²) in [5.41, 5.74) is 1.70. The Labute approximate surface area is 180 Å². The van der Waals surface area contributed by atoms with Gasteiger partial charge in [0.2, 0.25) is 5.91 Å². The number of aromatic nitrogens is 2. The van der Waals surface area contributed by atoms with Crippen molar-refractivity contribution >= 4 is 22.5 Å². The quantitative estimate of drug-likeness (QED) is 0.548. The first kappa shape index (κ1) is 21.0. The number of halogens is 1. The summed E-state index contributed by atoms with van der Waals surface area (Å²) in [6.45, 7) is 3.51. The van der Waals surface area contributed by atoms with Crippen molar-refractivity contribution in [1.29, 1.82) is 0 Å². The van der Waals surface area contributed by atoms with Crippen LogP contribution in [0.5, 0.6) is 0 Å². The molecule has 0 bridgehead atoms. The average Bonchev–Trinajstić information content (AvgIpc) is 2.81. The zero-order valence-corrected chi connectivity index (χ0v) is 17.5. The van der Waals surface area contributed by atoms with Gasteiger partial charge in [-0.25, -0.2) is 9.37 Å². The van der Waals surface area contributed by atoms with Gasteiger partial charge in [-0.15, -0.1) is 0 Å². The number of hydrogen-bond acceptors (Lipinski definition) is 4. The lowest BCUT2D eigenvalue weighted by atomic mass is 10.1. The predicted octanol–water partition coefficient (Wildman–Crippen LogP) is 3.44. The molecule has 1 aromatic heterocycles. The monoisotopic (exact) mass is 422 g/mol. The molecule has 162 valence electrons. The van der Waals surface area contributed by atoms with E-state index in [1.54, 1.807) is 29.1 Å². The molecule has 1 aliphatic heterocycles. The van der Waals surface area contributed by atoms with Gasteiger partial charge in [0.05, 0.1) is 17.2 Å². The highest BCUT2D eigenvalue weighted by Crippen LogP contribution is 2.17. The van der Waals surface area contributed by atoms with Crippen molar-refractivity contribution in [1.82, 2.24) is 14.5 Å². The smallest absolute Gasteiger partial charge is 0.261 e. The Bertz CT molecular complexity index is 1090. The van der Waals surface area contributed by atoms with Gasteiger partial charge < -0.3 is 9.80 Å². The molecule has 0 radical (unpaired) electrons. The van der Waals surface area contributed by atoms with E-state index in [2.05, 4.69) is 9.88 Å². The molecule has 31 heavy (non-hydrogen) atoms. The van der Waals surface area contributed by atoms with E-state index in [1.165, 1.54) is 12.1 Å². The lowest BCUT2D eigenvalue weighted by Gasteiger charge is -2.36. The zero-order chi connectivity index (χ0) is 21.6. The second kappa shape index (κ2) is 9.73. The molecular weight excluding hydrogens is 395 g/mol. The van der Waals surface area contributed by atoms with Crippen LogP contribution in [-0.4, -0.2) is 46.5 Å². The third-order valence-electron chi connectivity index (χ3n) is 5.85. The van der Waals surface area contributed by atoms with Crippen LogP contribution in [0.15, 0.2) is 59.7 Å². The number of hydrogen-bond donors (Lipinski definition) is 0. The normalized spacial score (nSPS) is 14.2. The van der Waals surface area contributed by atoms with Gasteiger partial charge in [0.25, 0.3) is 5.56 Å². The van der Waals surface area contributed by atoms with Gasteiger partial charge in [-0.1, -0.05) is 18.6 Å². The lowest BCUT2D eigenvalue weighted by Crippen LogP contribution is -2.48. The summed E-state index contributed by atoms with van der Waals surface area (Å²) >= 11 is 0. The maximum absolute atomic E-state index is 13.1. The van der Waals surface area contributed by atoms with Crippen LogP contribution in [0.4, 0.5) is 10.1 Å². The fourth-order valence-corrected chi connectivity index (χ4v) is 4.02. The van der Waals surface area contributed by atoms with Gasteiger partial charge in [-0.3, -0.25) is 14.2 Å². The number of nitrogens with zero attached hydrogens (tertiary/aromatic N) is 4. The van der Waals surface area contributed by atoms with Crippen molar-refractivity contribution in [2.24, 2.45) is 0 Å². The molecule has 3 aromatic rings. The highest BCUT2D eigenvalue weighted by atomic mass is 19.1. The van der Waals surface area contributed by atoms with Crippen LogP contribution in [0, 0.1) is 5.82 Å². The summed E-state index contributed by atoms with van der Waals surface area (Å²) in [4.78, 5) is 33.4. The first-order valence-corrected chi connectivity index (χ1v) is 10.8. The molecule has 2 aromatic carbocycles. The second-order valence-corrected chi connectivity index (χ2v) is 7.92. The van der Waals surface area contributed by atoms with Crippen LogP contribution in [0.1, 0.15) is 25.7 Å². The van der Waals surface area contributed by atoms with E-state index >= 15 is 0 Å². The molecule has 2 heterocycles. The minimum Gasteiger partial charge on any atom is -0.368 e. The molecule has 0 saturated carbocycles. The molecular formula is C24H27FN4O2. The van der Waals surface area contributed by atoms with Crippen molar-refractivity contribution < 1.29 is 9.18 Å². The molecule has 0 spiro atoms. The van der Waals surface area contributed by atoms with Gasteiger partial charge >= 0.3 is 0 Å². The average molecular weight is 423 g/mol. The molecule has 0 N–H and O–H groups in total. The maximum Gasteiger partial charge on any atom is 0.261 e. The molecule has 1 aliphatic rings. The number of unbranched alkanes of at least 4 members (excludes halogenated alkanes) is 2. The number of amides is 1. The van der Waals surface area contributed by atoms with Gasteiger partial charge in [-0.05, 0) is 49.2 Å². The summed E-state index contributed by atoms with van der Waals surface area (Å²) in [5, 5.41) is 0.639. The topological polar surface area (TPSA) is 58.4 Å². The summed E-state index contributed by atoms with van der Waals surface area (Å²) in [5.74, 6) is -0.0531. The first-order chi connectivity index (χ1) is 15.1. The minimum absolute atomic E-state index is 0.0132. The number of aryl methyl sites for hydroxylation is 1. The summed E-state index contributed by atoms with van der Waals surface area (Å²) in [7, 11) is 0. The lowest BCUT2D eigenvalue weighted by molar-refractivity contribution is -0.131. The van der Waals surface area contributed by atoms with Crippen molar-refractivity contribution in [2.45, 2.75) is 32.2 Å². The molecule has 0 aliphatic carbocycles. The van der Waals surface area contributed by atoms with Gasteiger partial charge in [0.15, 0.2) is 0 Å². The fraction of sp³-hybridized carbons (Fsp3) is 0.375. The van der Waals surface area contributed by atoms with E-state index in [0.29, 0.717) is 37.0 Å². The highest BCUT2D eigenvalue weighted by molar-refractivity contribution is 5.77. The molecule has 0 atom stereocenters. The third-order valence-corrected chi connectivity index (χ3v) is 5.85. The molecule has 6 nitrogen and oxygen atoms in total. The number of para-hydroxylation sites is 1. The van der Waals surface area contributed by atoms with E-state index < -0.39 is 0 Å². The molecule has 0 unspecified atom stereocenters. The number of fused-ring (bicyclic) bond motifs is 1. The maximum atomic E-state index is 13.1. The minimum atomic E-state index is -0.237. The van der Waals surface area contributed by atoms with Crippen molar-refractivity contribution in [3.05, 3.63) is 71.0 Å². The predicted molar refractivity (Wildman–Crippen MR) is 120 cm³/mol. The van der Waals surface area contributed by atoms with Crippen molar-refractivity contribution in [3.8, 4) is 0 Å². The highest BCUT2D eigenvalue weighted by Gasteiger charge is 2.20. The number of anilines is 1. The Morgan fingerprint density at radius 1 is 0.935 bits per heavy atom. The Kier molecular flexibility index (Phi) is 6.60. The van der Waals surface area contributed by atoms with E-state index in [4.69, 9.17) is 0 Å². The van der Waals surface area contributed by atoms with Gasteiger partial charge in [0, 0.05) is 44.8 Å². The van der Waals surface area contributed by atoms with Crippen LogP contribution < -0.4 is 10.5 Å². The van der Waals surface area contributed by atoms with Gasteiger partial charge in [0.1, 0.15) is 5.82 Å². The van der Waals surface area contributed by atoms with Crippen LogP contribution in [0.2, 0.25) is 0 Å². The molecule has 1 amide bonds. The van der Waals surface area contributed by atoms with E-state index in [1.807, 2.05) is 23.1 Å². The number of carbonyl (C=O) groups excluding carboxylic acids is 1. The van der Waals surface area contributed by atoms with E-state index in [0.717, 1.165) is 38.0 Å². The Morgan fingerprint density at radius 3 is 2.45 bits per heavy atom. The largest absolute Gasteiger partial charge is 0.368 e. The standard InChI is InChI=1S/C24H27FN4O2/c25-19-9-11-20(12-10-19)27-14-16-28(17-15-27)23(30)8-2-1-5-13-29-18-26-22-7-4-3-6-21(22)24(29)31/h3-4,6-7,9-12,18H,1-2,5,8,13-17H2.